The Bertz CT molecular complexity index is 388. The molecule has 5 heteroatoms. The zero-order valence-electron chi connectivity index (χ0n) is 11.0. The molecule has 5 nitrogen and oxygen atoms in total. The van der Waals surface area contributed by atoms with Gasteiger partial charge < -0.3 is 15.0 Å². The minimum absolute atomic E-state index is 0.105. The summed E-state index contributed by atoms with van der Waals surface area (Å²) in [7, 11) is 0. The van der Waals surface area contributed by atoms with Crippen LogP contribution in [0.1, 0.15) is 37.4 Å². The van der Waals surface area contributed by atoms with Gasteiger partial charge in [0.15, 0.2) is 0 Å². The van der Waals surface area contributed by atoms with Gasteiger partial charge in [-0.15, -0.1) is 0 Å². The van der Waals surface area contributed by atoms with Crippen LogP contribution in [0.3, 0.4) is 0 Å². The summed E-state index contributed by atoms with van der Waals surface area (Å²) in [5.74, 6) is 0.973. The van der Waals surface area contributed by atoms with Crippen LogP contribution in [-0.4, -0.2) is 47.2 Å². The number of hydrogen-bond donors (Lipinski definition) is 2. The van der Waals surface area contributed by atoms with Crippen LogP contribution in [-0.2, 0) is 11.3 Å². The number of ether oxygens (including phenoxy) is 1. The quantitative estimate of drug-likeness (QED) is 0.820. The van der Waals surface area contributed by atoms with Crippen molar-refractivity contribution in [3.8, 4) is 0 Å². The fourth-order valence-corrected chi connectivity index (χ4v) is 2.33. The largest absolute Gasteiger partial charge is 0.368 e. The summed E-state index contributed by atoms with van der Waals surface area (Å²) in [6.45, 7) is 6.94. The van der Waals surface area contributed by atoms with E-state index in [1.54, 1.807) is 0 Å². The first-order valence-corrected chi connectivity index (χ1v) is 6.96. The van der Waals surface area contributed by atoms with Crippen molar-refractivity contribution in [2.45, 2.75) is 38.5 Å². The van der Waals surface area contributed by atoms with Gasteiger partial charge in [-0.05, 0) is 19.4 Å². The van der Waals surface area contributed by atoms with Crippen LogP contribution in [0.25, 0.3) is 0 Å². The molecule has 2 N–H and O–H groups in total. The lowest BCUT2D eigenvalue weighted by Crippen LogP contribution is -2.38. The van der Waals surface area contributed by atoms with Crippen molar-refractivity contribution in [1.82, 2.24) is 20.2 Å². The Hall–Kier alpha value is -0.910. The minimum atomic E-state index is 0.105. The zero-order chi connectivity index (χ0) is 12.4. The van der Waals surface area contributed by atoms with Crippen molar-refractivity contribution in [2.24, 2.45) is 0 Å². The van der Waals surface area contributed by atoms with E-state index in [-0.39, 0.29) is 6.10 Å². The highest BCUT2D eigenvalue weighted by molar-refractivity contribution is 5.05. The topological polar surface area (TPSA) is 53.2 Å². The van der Waals surface area contributed by atoms with Crippen LogP contribution in [0.15, 0.2) is 6.20 Å². The molecular weight excluding hydrogens is 228 g/mol. The lowest BCUT2D eigenvalue weighted by molar-refractivity contribution is -0.0322. The summed E-state index contributed by atoms with van der Waals surface area (Å²) in [6, 6.07) is 0.735. The van der Waals surface area contributed by atoms with E-state index in [1.807, 2.05) is 6.20 Å². The van der Waals surface area contributed by atoms with Gasteiger partial charge in [-0.3, -0.25) is 4.90 Å². The molecule has 2 heterocycles. The average Bonchev–Trinajstić information content (AvgIpc) is 3.13. The lowest BCUT2D eigenvalue weighted by atomic mass is 10.2. The number of hydrogen-bond acceptors (Lipinski definition) is 4. The second-order valence-corrected chi connectivity index (χ2v) is 5.20. The van der Waals surface area contributed by atoms with E-state index in [4.69, 9.17) is 4.74 Å². The maximum atomic E-state index is 5.79. The molecule has 0 spiro atoms. The molecule has 0 bridgehead atoms. The van der Waals surface area contributed by atoms with E-state index >= 15 is 0 Å². The van der Waals surface area contributed by atoms with Crippen LogP contribution in [0.5, 0.6) is 0 Å². The Labute approximate surface area is 108 Å². The Morgan fingerprint density at radius 3 is 3.22 bits per heavy atom. The second kappa shape index (κ2) is 5.38. The highest BCUT2D eigenvalue weighted by atomic mass is 16.5. The zero-order valence-corrected chi connectivity index (χ0v) is 11.0. The van der Waals surface area contributed by atoms with Crippen LogP contribution in [0.4, 0.5) is 0 Å². The molecule has 1 atom stereocenters. The molecule has 100 valence electrons. The minimum Gasteiger partial charge on any atom is -0.368 e. The Balaban J connectivity index is 1.57. The number of imidazole rings is 1. The van der Waals surface area contributed by atoms with Gasteiger partial charge in [-0.25, -0.2) is 4.98 Å². The molecule has 1 saturated carbocycles. The summed E-state index contributed by atoms with van der Waals surface area (Å²) < 4.78 is 5.79. The molecule has 0 radical (unpaired) electrons. The molecule has 1 unspecified atom stereocenters. The first-order chi connectivity index (χ1) is 8.85. The number of H-pyrrole nitrogens is 1. The molecule has 3 rings (SSSR count). The van der Waals surface area contributed by atoms with E-state index in [0.29, 0.717) is 0 Å². The highest BCUT2D eigenvalue weighted by Crippen LogP contribution is 2.21. The van der Waals surface area contributed by atoms with Gasteiger partial charge in [-0.2, -0.15) is 0 Å². The normalized spacial score (nSPS) is 25.5. The summed E-state index contributed by atoms with van der Waals surface area (Å²) in [6.07, 6.45) is 4.67. The van der Waals surface area contributed by atoms with E-state index in [2.05, 4.69) is 27.1 Å². The molecule has 2 fully saturated rings. The van der Waals surface area contributed by atoms with Crippen LogP contribution >= 0.6 is 0 Å². The Morgan fingerprint density at radius 2 is 2.44 bits per heavy atom. The predicted octanol–water partition coefficient (Wildman–Crippen LogP) is 1.05. The molecule has 0 aromatic carbocycles. The van der Waals surface area contributed by atoms with Gasteiger partial charge in [0.25, 0.3) is 0 Å². The monoisotopic (exact) mass is 250 g/mol. The highest BCUT2D eigenvalue weighted by Gasteiger charge is 2.24. The number of aromatic nitrogens is 2. The third kappa shape index (κ3) is 2.91. The first kappa shape index (κ1) is 12.1. The Kier molecular flexibility index (Phi) is 3.63. The van der Waals surface area contributed by atoms with Gasteiger partial charge in [0.2, 0.25) is 0 Å². The maximum Gasteiger partial charge on any atom is 0.136 e. The Morgan fingerprint density at radius 1 is 1.56 bits per heavy atom. The predicted molar refractivity (Wildman–Crippen MR) is 69.3 cm³/mol. The number of likely N-dealkylation sites (N-methyl/N-ethyl adjacent to an activating group) is 1. The van der Waals surface area contributed by atoms with Crippen molar-refractivity contribution in [3.05, 3.63) is 17.7 Å². The number of morpholine rings is 1. The molecule has 1 saturated heterocycles. The molecule has 1 aromatic heterocycles. The second-order valence-electron chi connectivity index (χ2n) is 5.20. The third-order valence-electron chi connectivity index (χ3n) is 3.71. The van der Waals surface area contributed by atoms with Gasteiger partial charge in [0, 0.05) is 37.6 Å². The first-order valence-electron chi connectivity index (χ1n) is 6.96. The van der Waals surface area contributed by atoms with Crippen molar-refractivity contribution in [1.29, 1.82) is 0 Å². The summed E-state index contributed by atoms with van der Waals surface area (Å²) >= 11 is 0. The fourth-order valence-electron chi connectivity index (χ4n) is 2.33. The van der Waals surface area contributed by atoms with E-state index in [9.17, 15) is 0 Å². The van der Waals surface area contributed by atoms with E-state index in [1.165, 1.54) is 12.8 Å². The summed E-state index contributed by atoms with van der Waals surface area (Å²) in [5.41, 5.74) is 1.16. The van der Waals surface area contributed by atoms with Gasteiger partial charge >= 0.3 is 0 Å². The number of nitrogens with zero attached hydrogens (tertiary/aromatic N) is 2. The summed E-state index contributed by atoms with van der Waals surface area (Å²) in [4.78, 5) is 10.2. The molecule has 1 aromatic rings. The maximum absolute atomic E-state index is 5.79. The molecule has 0 amide bonds. The molecule has 2 aliphatic rings. The van der Waals surface area contributed by atoms with E-state index in [0.717, 1.165) is 50.3 Å². The molecular formula is C13H22N4O. The fraction of sp³-hybridized carbons (Fsp3) is 0.769. The van der Waals surface area contributed by atoms with Crippen molar-refractivity contribution < 1.29 is 4.74 Å². The van der Waals surface area contributed by atoms with Crippen molar-refractivity contribution >= 4 is 0 Å². The van der Waals surface area contributed by atoms with Crippen LogP contribution < -0.4 is 5.32 Å². The van der Waals surface area contributed by atoms with Gasteiger partial charge in [0.1, 0.15) is 11.9 Å². The van der Waals surface area contributed by atoms with Crippen molar-refractivity contribution in [2.75, 3.05) is 26.2 Å². The third-order valence-corrected chi connectivity index (χ3v) is 3.71. The summed E-state index contributed by atoms with van der Waals surface area (Å²) in [5, 5.41) is 3.49. The van der Waals surface area contributed by atoms with Gasteiger partial charge in [0.05, 0.1) is 6.61 Å². The number of nitrogens with one attached hydrogen (secondary N) is 2. The number of aromatic amines is 1. The standard InChI is InChI=1S/C13H22N4O/c1-2-17-5-6-18-12(9-17)13-15-8-11(16-13)7-14-10-3-4-10/h8,10,12,14H,2-7,9H2,1H3,(H,15,16). The molecule has 1 aliphatic carbocycles. The smallest absolute Gasteiger partial charge is 0.136 e. The van der Waals surface area contributed by atoms with Gasteiger partial charge in [-0.1, -0.05) is 6.92 Å². The van der Waals surface area contributed by atoms with Crippen LogP contribution in [0.2, 0.25) is 0 Å². The SMILES string of the molecule is CCN1CCOC(c2ncc(CNC3CC3)[nH]2)C1. The van der Waals surface area contributed by atoms with E-state index < -0.39 is 0 Å². The van der Waals surface area contributed by atoms with Crippen LogP contribution in [0, 0.1) is 0 Å². The molecule has 18 heavy (non-hydrogen) atoms. The average molecular weight is 250 g/mol. The van der Waals surface area contributed by atoms with Crippen molar-refractivity contribution in [3.63, 3.8) is 0 Å². The number of rotatable bonds is 5. The lowest BCUT2D eigenvalue weighted by Gasteiger charge is -2.30. The molecule has 1 aliphatic heterocycles.